The van der Waals surface area contributed by atoms with Crippen molar-refractivity contribution >= 4 is 18.1 Å². The van der Waals surface area contributed by atoms with E-state index in [0.717, 1.165) is 11.4 Å². The molecule has 0 fully saturated rings. The number of carbonyl (C=O) groups excluding carboxylic acids is 1. The molecule has 2 N–H and O–H groups in total. The second-order valence-electron chi connectivity index (χ2n) is 4.81. The van der Waals surface area contributed by atoms with Gasteiger partial charge in [-0.15, -0.1) is 0 Å². The van der Waals surface area contributed by atoms with Gasteiger partial charge in [-0.05, 0) is 37.6 Å². The fourth-order valence-corrected chi connectivity index (χ4v) is 1.90. The number of hydrazone groups is 1. The number of amides is 1. The van der Waals surface area contributed by atoms with E-state index in [4.69, 9.17) is 5.11 Å². The number of carboxylic acid groups (broad SMARTS) is 1. The molecule has 1 aromatic carbocycles. The van der Waals surface area contributed by atoms with Crippen LogP contribution in [0.15, 0.2) is 35.4 Å². The Kier molecular flexibility index (Phi) is 4.67. The number of carboxylic acids is 1. The van der Waals surface area contributed by atoms with Crippen LogP contribution in [0.5, 0.6) is 0 Å². The summed E-state index contributed by atoms with van der Waals surface area (Å²) in [6, 6.07) is 8.06. The molecule has 0 aliphatic rings. The van der Waals surface area contributed by atoms with Crippen LogP contribution in [0.4, 0.5) is 0 Å². The highest BCUT2D eigenvalue weighted by Crippen LogP contribution is 2.02. The van der Waals surface area contributed by atoms with Crippen molar-refractivity contribution in [3.05, 3.63) is 52.8 Å². The van der Waals surface area contributed by atoms with E-state index in [0.29, 0.717) is 5.56 Å². The van der Waals surface area contributed by atoms with Crippen molar-refractivity contribution in [1.29, 1.82) is 0 Å². The van der Waals surface area contributed by atoms with Crippen LogP contribution in [0.2, 0.25) is 0 Å². The van der Waals surface area contributed by atoms with Crippen molar-refractivity contribution < 1.29 is 14.7 Å². The monoisotopic (exact) mass is 300 g/mol. The average Bonchev–Trinajstić information content (AvgIpc) is 2.77. The molecule has 1 heterocycles. The molecule has 7 heteroatoms. The lowest BCUT2D eigenvalue weighted by atomic mass is 10.1. The molecule has 0 aliphatic carbocycles. The van der Waals surface area contributed by atoms with Gasteiger partial charge in [0.2, 0.25) is 0 Å². The lowest BCUT2D eigenvalue weighted by Crippen LogP contribution is -2.24. The summed E-state index contributed by atoms with van der Waals surface area (Å²) in [5, 5.41) is 16.8. The molecule has 0 unspecified atom stereocenters. The van der Waals surface area contributed by atoms with Gasteiger partial charge in [-0.2, -0.15) is 10.2 Å². The van der Waals surface area contributed by atoms with Gasteiger partial charge in [-0.25, -0.2) is 10.2 Å². The minimum absolute atomic E-state index is 0.0922. The zero-order chi connectivity index (χ0) is 16.1. The Bertz CT molecular complexity index is 717. The number of carbonyl (C=O) groups is 2. The smallest absolute Gasteiger partial charge is 0.335 e. The fraction of sp³-hybridized carbons (Fsp3) is 0.200. The predicted octanol–water partition coefficient (Wildman–Crippen LogP) is 1.35. The number of hydrogen-bond donors (Lipinski definition) is 2. The summed E-state index contributed by atoms with van der Waals surface area (Å²) in [7, 11) is 0. The van der Waals surface area contributed by atoms with Crippen LogP contribution in [-0.4, -0.2) is 33.0 Å². The highest BCUT2D eigenvalue weighted by molar-refractivity contribution is 5.89. The number of nitrogens with one attached hydrogen (secondary N) is 1. The van der Waals surface area contributed by atoms with E-state index in [1.54, 1.807) is 16.8 Å². The Morgan fingerprint density at radius 1 is 1.32 bits per heavy atom. The zero-order valence-corrected chi connectivity index (χ0v) is 12.3. The van der Waals surface area contributed by atoms with Gasteiger partial charge in [0, 0.05) is 5.69 Å². The van der Waals surface area contributed by atoms with Crippen molar-refractivity contribution in [1.82, 2.24) is 15.2 Å². The Morgan fingerprint density at radius 2 is 2.00 bits per heavy atom. The van der Waals surface area contributed by atoms with Gasteiger partial charge < -0.3 is 5.11 Å². The van der Waals surface area contributed by atoms with Crippen LogP contribution in [0, 0.1) is 13.8 Å². The van der Waals surface area contributed by atoms with E-state index in [2.05, 4.69) is 15.6 Å². The minimum Gasteiger partial charge on any atom is -0.478 e. The average molecular weight is 300 g/mol. The second kappa shape index (κ2) is 6.66. The van der Waals surface area contributed by atoms with Gasteiger partial charge in [-0.1, -0.05) is 12.1 Å². The molecule has 2 aromatic rings. The molecule has 114 valence electrons. The SMILES string of the molecule is Cc1cc(C)n(CC(=O)N/N=C\c2ccc(C(=O)O)cc2)n1. The zero-order valence-electron chi connectivity index (χ0n) is 12.3. The van der Waals surface area contributed by atoms with E-state index in [-0.39, 0.29) is 18.0 Å². The third-order valence-corrected chi connectivity index (χ3v) is 2.96. The van der Waals surface area contributed by atoms with Gasteiger partial charge >= 0.3 is 5.97 Å². The van der Waals surface area contributed by atoms with Crippen LogP contribution in [-0.2, 0) is 11.3 Å². The summed E-state index contributed by atoms with van der Waals surface area (Å²) in [6.45, 7) is 3.83. The van der Waals surface area contributed by atoms with Gasteiger partial charge in [0.15, 0.2) is 0 Å². The van der Waals surface area contributed by atoms with Crippen molar-refractivity contribution in [2.24, 2.45) is 5.10 Å². The summed E-state index contributed by atoms with van der Waals surface area (Å²) in [5.41, 5.74) is 5.06. The quantitative estimate of drug-likeness (QED) is 0.643. The summed E-state index contributed by atoms with van der Waals surface area (Å²) in [4.78, 5) is 22.5. The first-order valence-electron chi connectivity index (χ1n) is 6.62. The second-order valence-corrected chi connectivity index (χ2v) is 4.81. The molecular formula is C15H16N4O3. The number of rotatable bonds is 5. The molecule has 0 atom stereocenters. The first-order chi connectivity index (χ1) is 10.5. The van der Waals surface area contributed by atoms with E-state index < -0.39 is 5.97 Å². The third-order valence-electron chi connectivity index (χ3n) is 2.96. The topological polar surface area (TPSA) is 96.6 Å². The Balaban J connectivity index is 1.90. The number of benzene rings is 1. The summed E-state index contributed by atoms with van der Waals surface area (Å²) < 4.78 is 1.60. The number of aromatic nitrogens is 2. The van der Waals surface area contributed by atoms with Gasteiger partial charge in [0.25, 0.3) is 5.91 Å². The highest BCUT2D eigenvalue weighted by Gasteiger charge is 2.06. The Labute approximate surface area is 127 Å². The maximum atomic E-state index is 11.7. The Morgan fingerprint density at radius 3 is 2.55 bits per heavy atom. The number of nitrogens with zero attached hydrogens (tertiary/aromatic N) is 3. The molecule has 22 heavy (non-hydrogen) atoms. The van der Waals surface area contributed by atoms with E-state index in [1.807, 2.05) is 19.9 Å². The van der Waals surface area contributed by atoms with Crippen LogP contribution in [0.25, 0.3) is 0 Å². The summed E-state index contributed by atoms with van der Waals surface area (Å²) >= 11 is 0. The standard InChI is InChI=1S/C15H16N4O3/c1-10-7-11(2)19(18-10)9-14(20)17-16-8-12-3-5-13(6-4-12)15(21)22/h3-8H,9H2,1-2H3,(H,17,20)(H,21,22)/b16-8-. The molecule has 0 spiro atoms. The van der Waals surface area contributed by atoms with Crippen molar-refractivity contribution in [3.8, 4) is 0 Å². The van der Waals surface area contributed by atoms with E-state index in [1.165, 1.54) is 18.3 Å². The molecular weight excluding hydrogens is 284 g/mol. The first kappa shape index (κ1) is 15.4. The predicted molar refractivity (Wildman–Crippen MR) is 80.8 cm³/mol. The Hall–Kier alpha value is -2.96. The number of hydrogen-bond acceptors (Lipinski definition) is 4. The first-order valence-corrected chi connectivity index (χ1v) is 6.62. The number of aromatic carboxylic acids is 1. The molecule has 1 amide bonds. The molecule has 0 aliphatic heterocycles. The minimum atomic E-state index is -0.985. The maximum absolute atomic E-state index is 11.7. The van der Waals surface area contributed by atoms with Crippen molar-refractivity contribution in [3.63, 3.8) is 0 Å². The molecule has 7 nitrogen and oxygen atoms in total. The molecule has 1 aromatic heterocycles. The number of aryl methyl sites for hydroxylation is 2. The van der Waals surface area contributed by atoms with Crippen LogP contribution in [0.3, 0.4) is 0 Å². The lowest BCUT2D eigenvalue weighted by molar-refractivity contribution is -0.121. The highest BCUT2D eigenvalue weighted by atomic mass is 16.4. The molecule has 0 bridgehead atoms. The normalized spacial score (nSPS) is 10.8. The van der Waals surface area contributed by atoms with Crippen molar-refractivity contribution in [2.45, 2.75) is 20.4 Å². The van der Waals surface area contributed by atoms with Gasteiger partial charge in [0.1, 0.15) is 6.54 Å². The maximum Gasteiger partial charge on any atom is 0.335 e. The third kappa shape index (κ3) is 4.02. The largest absolute Gasteiger partial charge is 0.478 e. The van der Waals surface area contributed by atoms with Crippen LogP contribution in [0.1, 0.15) is 27.3 Å². The molecule has 0 saturated carbocycles. The van der Waals surface area contributed by atoms with Gasteiger partial charge in [0.05, 0.1) is 17.5 Å². The molecule has 2 rings (SSSR count). The molecule has 0 radical (unpaired) electrons. The van der Waals surface area contributed by atoms with E-state index in [9.17, 15) is 9.59 Å². The molecule has 0 saturated heterocycles. The lowest BCUT2D eigenvalue weighted by Gasteiger charge is -2.02. The van der Waals surface area contributed by atoms with Crippen LogP contribution < -0.4 is 5.43 Å². The van der Waals surface area contributed by atoms with Crippen LogP contribution >= 0.6 is 0 Å². The van der Waals surface area contributed by atoms with Gasteiger partial charge in [-0.3, -0.25) is 9.48 Å². The summed E-state index contributed by atoms with van der Waals surface area (Å²) in [5.74, 6) is -1.27. The summed E-state index contributed by atoms with van der Waals surface area (Å²) in [6.07, 6.45) is 1.45. The van der Waals surface area contributed by atoms with E-state index >= 15 is 0 Å². The fourth-order valence-electron chi connectivity index (χ4n) is 1.90. The van der Waals surface area contributed by atoms with Crippen molar-refractivity contribution in [2.75, 3.05) is 0 Å².